The Kier molecular flexibility index (Phi) is 3.59. The van der Waals surface area contributed by atoms with E-state index in [4.69, 9.17) is 16.6 Å². The fourth-order valence-electron chi connectivity index (χ4n) is 2.26. The summed E-state index contributed by atoms with van der Waals surface area (Å²) in [6.07, 6.45) is 2.57. The van der Waals surface area contributed by atoms with Gasteiger partial charge < -0.3 is 4.57 Å². The molecule has 0 aromatic carbocycles. The van der Waals surface area contributed by atoms with Crippen LogP contribution in [0.5, 0.6) is 0 Å². The molecule has 0 saturated heterocycles. The molecule has 102 valence electrons. The molecule has 0 fully saturated rings. The Labute approximate surface area is 126 Å². The van der Waals surface area contributed by atoms with E-state index in [9.17, 15) is 0 Å². The van der Waals surface area contributed by atoms with Gasteiger partial charge in [0.05, 0.1) is 0 Å². The fraction of sp³-hybridized carbons (Fsp3) is 0.200. The van der Waals surface area contributed by atoms with Crippen LogP contribution in [0.25, 0.3) is 5.82 Å². The van der Waals surface area contributed by atoms with Crippen molar-refractivity contribution in [1.82, 2.24) is 14.5 Å². The summed E-state index contributed by atoms with van der Waals surface area (Å²) in [6.45, 7) is 4.18. The van der Waals surface area contributed by atoms with Gasteiger partial charge in [0.2, 0.25) is 0 Å². The Morgan fingerprint density at radius 1 is 1.15 bits per heavy atom. The van der Waals surface area contributed by atoms with Crippen LogP contribution in [0.15, 0.2) is 36.5 Å². The number of aromatic nitrogens is 3. The number of aryl methyl sites for hydroxylation is 2. The van der Waals surface area contributed by atoms with E-state index in [0.717, 1.165) is 22.8 Å². The summed E-state index contributed by atoms with van der Waals surface area (Å²) in [5, 5.41) is 0. The van der Waals surface area contributed by atoms with E-state index in [1.165, 1.54) is 22.7 Å². The first-order valence-electron chi connectivity index (χ1n) is 6.35. The van der Waals surface area contributed by atoms with Crippen molar-refractivity contribution < 1.29 is 0 Å². The zero-order valence-electron chi connectivity index (χ0n) is 11.3. The lowest BCUT2D eigenvalue weighted by atomic mass is 10.2. The number of hydrogen-bond donors (Lipinski definition) is 0. The largest absolute Gasteiger partial charge is 0.303 e. The van der Waals surface area contributed by atoms with Crippen molar-refractivity contribution in [3.8, 4) is 5.82 Å². The Balaban J connectivity index is 1.94. The Hall–Kier alpha value is -1.65. The molecule has 0 aliphatic carbocycles. The van der Waals surface area contributed by atoms with Gasteiger partial charge in [-0.2, -0.15) is 0 Å². The maximum Gasteiger partial charge on any atom is 0.183 e. The van der Waals surface area contributed by atoms with Crippen LogP contribution in [0.3, 0.4) is 0 Å². The van der Waals surface area contributed by atoms with Crippen LogP contribution in [0, 0.1) is 13.8 Å². The van der Waals surface area contributed by atoms with Gasteiger partial charge in [-0.3, -0.25) is 0 Å². The number of nitrogens with zero attached hydrogens (tertiary/aromatic N) is 3. The van der Waals surface area contributed by atoms with Gasteiger partial charge in [-0.25, -0.2) is 9.97 Å². The maximum absolute atomic E-state index is 5.86. The molecule has 0 radical (unpaired) electrons. The van der Waals surface area contributed by atoms with E-state index >= 15 is 0 Å². The second-order valence-corrected chi connectivity index (χ2v) is 6.39. The molecule has 20 heavy (non-hydrogen) atoms. The summed E-state index contributed by atoms with van der Waals surface area (Å²) in [5.74, 6) is 0.957. The van der Waals surface area contributed by atoms with Gasteiger partial charge in [0.25, 0.3) is 0 Å². The predicted molar refractivity (Wildman–Crippen MR) is 83.0 cm³/mol. The van der Waals surface area contributed by atoms with Crippen LogP contribution in [0.1, 0.15) is 22.0 Å². The zero-order valence-corrected chi connectivity index (χ0v) is 12.9. The highest BCUT2D eigenvalue weighted by molar-refractivity contribution is 7.15. The molecular formula is C15H14ClN3S. The number of halogens is 1. The standard InChI is InChI=1S/C15H14ClN3S/c1-10-6-7-11(2)19(10)14-5-3-4-12(18-14)8-13-9-17-15(16)20-13/h3-7,9H,8H2,1-2H3. The van der Waals surface area contributed by atoms with Gasteiger partial charge in [0.15, 0.2) is 4.47 Å². The summed E-state index contributed by atoms with van der Waals surface area (Å²) in [6, 6.07) is 10.3. The van der Waals surface area contributed by atoms with Crippen LogP contribution < -0.4 is 0 Å². The van der Waals surface area contributed by atoms with Crippen LogP contribution in [0.2, 0.25) is 4.47 Å². The van der Waals surface area contributed by atoms with E-state index in [1.54, 1.807) is 0 Å². The monoisotopic (exact) mass is 303 g/mol. The first-order chi connectivity index (χ1) is 9.63. The second-order valence-electron chi connectivity index (χ2n) is 4.69. The summed E-state index contributed by atoms with van der Waals surface area (Å²) in [7, 11) is 0. The third-order valence-electron chi connectivity index (χ3n) is 3.17. The summed E-state index contributed by atoms with van der Waals surface area (Å²) in [4.78, 5) is 9.93. The van der Waals surface area contributed by atoms with E-state index in [-0.39, 0.29) is 0 Å². The molecule has 0 atom stereocenters. The third-order valence-corrected chi connectivity index (χ3v) is 4.29. The zero-order chi connectivity index (χ0) is 14.1. The number of pyridine rings is 1. The van der Waals surface area contributed by atoms with Crippen molar-refractivity contribution in [2.75, 3.05) is 0 Å². The van der Waals surface area contributed by atoms with Crippen LogP contribution in [-0.4, -0.2) is 14.5 Å². The molecule has 3 rings (SSSR count). The van der Waals surface area contributed by atoms with Crippen molar-refractivity contribution in [2.24, 2.45) is 0 Å². The SMILES string of the molecule is Cc1ccc(C)n1-c1cccc(Cc2cnc(Cl)s2)n1. The minimum atomic E-state index is 0.577. The predicted octanol–water partition coefficient (Wildman–Crippen LogP) is 4.19. The lowest BCUT2D eigenvalue weighted by Crippen LogP contribution is -2.03. The molecule has 0 spiro atoms. The van der Waals surface area contributed by atoms with E-state index in [0.29, 0.717) is 4.47 Å². The number of hydrogen-bond acceptors (Lipinski definition) is 3. The van der Waals surface area contributed by atoms with Gasteiger partial charge in [-0.15, -0.1) is 11.3 Å². The van der Waals surface area contributed by atoms with Crippen LogP contribution >= 0.6 is 22.9 Å². The molecule has 0 unspecified atom stereocenters. The van der Waals surface area contributed by atoms with Gasteiger partial charge >= 0.3 is 0 Å². The van der Waals surface area contributed by atoms with Crippen molar-refractivity contribution in [2.45, 2.75) is 20.3 Å². The van der Waals surface area contributed by atoms with E-state index in [1.807, 2.05) is 24.4 Å². The van der Waals surface area contributed by atoms with E-state index < -0.39 is 0 Å². The minimum Gasteiger partial charge on any atom is -0.303 e. The van der Waals surface area contributed by atoms with Crippen LogP contribution in [-0.2, 0) is 6.42 Å². The molecular weight excluding hydrogens is 290 g/mol. The molecule has 3 aromatic heterocycles. The van der Waals surface area contributed by atoms with Gasteiger partial charge in [-0.1, -0.05) is 17.7 Å². The fourth-order valence-corrected chi connectivity index (χ4v) is 3.26. The third kappa shape index (κ3) is 2.62. The van der Waals surface area contributed by atoms with Gasteiger partial charge in [0.1, 0.15) is 5.82 Å². The summed E-state index contributed by atoms with van der Waals surface area (Å²) in [5.41, 5.74) is 3.40. The Bertz CT molecular complexity index is 726. The average Bonchev–Trinajstić information content (AvgIpc) is 2.96. The van der Waals surface area contributed by atoms with Crippen molar-refractivity contribution in [3.05, 3.63) is 63.0 Å². The van der Waals surface area contributed by atoms with Crippen molar-refractivity contribution in [1.29, 1.82) is 0 Å². The molecule has 0 bridgehead atoms. The van der Waals surface area contributed by atoms with Gasteiger partial charge in [-0.05, 0) is 38.1 Å². The molecule has 0 N–H and O–H groups in total. The minimum absolute atomic E-state index is 0.577. The van der Waals surface area contributed by atoms with Crippen LogP contribution in [0.4, 0.5) is 0 Å². The molecule has 0 saturated carbocycles. The summed E-state index contributed by atoms with van der Waals surface area (Å²) < 4.78 is 2.73. The molecule has 3 nitrogen and oxygen atoms in total. The molecule has 0 amide bonds. The molecule has 3 heterocycles. The van der Waals surface area contributed by atoms with Gasteiger partial charge in [0, 0.05) is 34.6 Å². The first kappa shape index (κ1) is 13.3. The highest BCUT2D eigenvalue weighted by atomic mass is 35.5. The van der Waals surface area contributed by atoms with Crippen molar-refractivity contribution >= 4 is 22.9 Å². The smallest absolute Gasteiger partial charge is 0.183 e. The normalized spacial score (nSPS) is 10.9. The first-order valence-corrected chi connectivity index (χ1v) is 7.54. The van der Waals surface area contributed by atoms with E-state index in [2.05, 4.69) is 35.5 Å². The number of thiazole rings is 1. The topological polar surface area (TPSA) is 30.7 Å². The molecule has 5 heteroatoms. The Morgan fingerprint density at radius 2 is 1.90 bits per heavy atom. The summed E-state index contributed by atoms with van der Waals surface area (Å²) >= 11 is 7.36. The van der Waals surface area contributed by atoms with Crippen molar-refractivity contribution in [3.63, 3.8) is 0 Å². The molecule has 0 aliphatic rings. The maximum atomic E-state index is 5.86. The highest BCUT2D eigenvalue weighted by Gasteiger charge is 2.07. The lowest BCUT2D eigenvalue weighted by Gasteiger charge is -2.09. The Morgan fingerprint density at radius 3 is 2.55 bits per heavy atom. The molecule has 3 aromatic rings. The highest BCUT2D eigenvalue weighted by Crippen LogP contribution is 2.21. The quantitative estimate of drug-likeness (QED) is 0.726. The average molecular weight is 304 g/mol. The second kappa shape index (κ2) is 5.38. The lowest BCUT2D eigenvalue weighted by molar-refractivity contribution is 0.903. The molecule has 0 aliphatic heterocycles. The number of rotatable bonds is 3.